The standard InChI is InChI=1S/C15H28N2OS/c1-5-15(11-16,17-12(2)3)8-6-10-19-14-7-9-18-13(14)4/h12-14,17H,5-10H2,1-4H3. The van der Waals surface area contributed by atoms with Crippen LogP contribution in [0.4, 0.5) is 0 Å². The van der Waals surface area contributed by atoms with Gasteiger partial charge in [0.25, 0.3) is 0 Å². The lowest BCUT2D eigenvalue weighted by atomic mass is 9.91. The monoisotopic (exact) mass is 284 g/mol. The predicted octanol–water partition coefficient (Wildman–Crippen LogP) is 3.35. The van der Waals surface area contributed by atoms with Gasteiger partial charge in [-0.05, 0) is 52.2 Å². The molecule has 0 aliphatic carbocycles. The van der Waals surface area contributed by atoms with Crippen LogP contribution in [0.15, 0.2) is 0 Å². The molecule has 1 aliphatic heterocycles. The van der Waals surface area contributed by atoms with Crippen LogP contribution in [-0.2, 0) is 4.74 Å². The van der Waals surface area contributed by atoms with Crippen molar-refractivity contribution in [1.29, 1.82) is 5.26 Å². The van der Waals surface area contributed by atoms with Gasteiger partial charge in [-0.15, -0.1) is 0 Å². The fraction of sp³-hybridized carbons (Fsp3) is 0.933. The van der Waals surface area contributed by atoms with E-state index in [9.17, 15) is 5.26 Å². The molecule has 3 nitrogen and oxygen atoms in total. The highest BCUT2D eigenvalue weighted by Gasteiger charge is 2.28. The van der Waals surface area contributed by atoms with Crippen molar-refractivity contribution in [3.8, 4) is 6.07 Å². The lowest BCUT2D eigenvalue weighted by Gasteiger charge is -2.29. The van der Waals surface area contributed by atoms with Crippen molar-refractivity contribution < 1.29 is 4.74 Å². The number of nitrogens with one attached hydrogen (secondary N) is 1. The molecule has 1 rings (SSSR count). The van der Waals surface area contributed by atoms with Crippen LogP contribution in [0.25, 0.3) is 0 Å². The third kappa shape index (κ3) is 5.33. The van der Waals surface area contributed by atoms with E-state index < -0.39 is 0 Å². The fourth-order valence-corrected chi connectivity index (χ4v) is 3.84. The molecule has 0 radical (unpaired) electrons. The van der Waals surface area contributed by atoms with Crippen LogP contribution in [0.1, 0.15) is 53.4 Å². The van der Waals surface area contributed by atoms with Crippen LogP contribution in [0, 0.1) is 11.3 Å². The first-order chi connectivity index (χ1) is 9.03. The van der Waals surface area contributed by atoms with Gasteiger partial charge in [-0.1, -0.05) is 6.92 Å². The summed E-state index contributed by atoms with van der Waals surface area (Å²) in [6, 6.07) is 2.85. The van der Waals surface area contributed by atoms with Crippen LogP contribution < -0.4 is 5.32 Å². The summed E-state index contributed by atoms with van der Waals surface area (Å²) in [5.74, 6) is 1.13. The lowest BCUT2D eigenvalue weighted by molar-refractivity contribution is 0.127. The number of thioether (sulfide) groups is 1. The Labute approximate surface area is 122 Å². The molecule has 19 heavy (non-hydrogen) atoms. The van der Waals surface area contributed by atoms with Crippen LogP contribution in [0.3, 0.4) is 0 Å². The maximum absolute atomic E-state index is 9.44. The van der Waals surface area contributed by atoms with Gasteiger partial charge in [-0.25, -0.2) is 0 Å². The van der Waals surface area contributed by atoms with Crippen molar-refractivity contribution in [2.24, 2.45) is 0 Å². The Morgan fingerprint density at radius 2 is 2.26 bits per heavy atom. The Morgan fingerprint density at radius 1 is 1.53 bits per heavy atom. The number of hydrogen-bond donors (Lipinski definition) is 1. The molecule has 0 spiro atoms. The highest BCUT2D eigenvalue weighted by Crippen LogP contribution is 2.28. The molecule has 1 fully saturated rings. The zero-order valence-electron chi connectivity index (χ0n) is 12.7. The molecule has 1 aliphatic rings. The van der Waals surface area contributed by atoms with Crippen LogP contribution >= 0.6 is 11.8 Å². The molecule has 0 amide bonds. The minimum absolute atomic E-state index is 0.341. The Kier molecular flexibility index (Phi) is 7.20. The Balaban J connectivity index is 2.30. The summed E-state index contributed by atoms with van der Waals surface area (Å²) in [6.07, 6.45) is 4.47. The summed E-state index contributed by atoms with van der Waals surface area (Å²) in [4.78, 5) is 0. The maximum Gasteiger partial charge on any atom is 0.106 e. The quantitative estimate of drug-likeness (QED) is 0.694. The predicted molar refractivity (Wildman–Crippen MR) is 82.4 cm³/mol. The fourth-order valence-electron chi connectivity index (χ4n) is 2.61. The smallest absolute Gasteiger partial charge is 0.106 e. The number of hydrogen-bond acceptors (Lipinski definition) is 4. The summed E-state index contributed by atoms with van der Waals surface area (Å²) >= 11 is 2.01. The van der Waals surface area contributed by atoms with E-state index in [1.165, 1.54) is 6.42 Å². The van der Waals surface area contributed by atoms with E-state index in [1.54, 1.807) is 0 Å². The number of rotatable bonds is 8. The topological polar surface area (TPSA) is 45.0 Å². The molecular formula is C15H28N2OS. The highest BCUT2D eigenvalue weighted by molar-refractivity contribution is 7.99. The molecule has 0 aromatic heterocycles. The first-order valence-electron chi connectivity index (χ1n) is 7.45. The molecule has 1 N–H and O–H groups in total. The first kappa shape index (κ1) is 16.8. The normalized spacial score (nSPS) is 26.3. The Hall–Kier alpha value is -0.240. The zero-order chi connectivity index (χ0) is 14.3. The summed E-state index contributed by atoms with van der Waals surface area (Å²) < 4.78 is 5.57. The van der Waals surface area contributed by atoms with Crippen LogP contribution in [0.2, 0.25) is 0 Å². The van der Waals surface area contributed by atoms with Crippen molar-refractivity contribution in [2.75, 3.05) is 12.4 Å². The van der Waals surface area contributed by atoms with Gasteiger partial charge >= 0.3 is 0 Å². The van der Waals surface area contributed by atoms with E-state index in [0.29, 0.717) is 17.4 Å². The molecule has 3 atom stereocenters. The zero-order valence-corrected chi connectivity index (χ0v) is 13.6. The Morgan fingerprint density at radius 3 is 2.74 bits per heavy atom. The average molecular weight is 284 g/mol. The van der Waals surface area contributed by atoms with Gasteiger partial charge in [0.15, 0.2) is 0 Å². The van der Waals surface area contributed by atoms with Crippen molar-refractivity contribution in [1.82, 2.24) is 5.32 Å². The van der Waals surface area contributed by atoms with Gasteiger partial charge < -0.3 is 4.74 Å². The molecule has 0 aromatic carbocycles. The molecule has 1 saturated heterocycles. The van der Waals surface area contributed by atoms with Crippen LogP contribution in [-0.4, -0.2) is 35.3 Å². The van der Waals surface area contributed by atoms with Gasteiger partial charge in [0, 0.05) is 17.9 Å². The Bertz CT molecular complexity index is 303. The van der Waals surface area contributed by atoms with Gasteiger partial charge in [0.2, 0.25) is 0 Å². The molecule has 0 saturated carbocycles. The largest absolute Gasteiger partial charge is 0.377 e. The minimum Gasteiger partial charge on any atom is -0.377 e. The lowest BCUT2D eigenvalue weighted by Crippen LogP contribution is -2.47. The summed E-state index contributed by atoms with van der Waals surface area (Å²) in [5.41, 5.74) is -0.341. The van der Waals surface area contributed by atoms with Crippen molar-refractivity contribution in [3.63, 3.8) is 0 Å². The summed E-state index contributed by atoms with van der Waals surface area (Å²) in [6.45, 7) is 9.38. The van der Waals surface area contributed by atoms with E-state index in [0.717, 1.165) is 31.6 Å². The molecule has 3 unspecified atom stereocenters. The van der Waals surface area contributed by atoms with Gasteiger partial charge in [0.05, 0.1) is 12.2 Å². The first-order valence-corrected chi connectivity index (χ1v) is 8.50. The van der Waals surface area contributed by atoms with Crippen molar-refractivity contribution in [3.05, 3.63) is 0 Å². The molecule has 110 valence electrons. The van der Waals surface area contributed by atoms with Crippen molar-refractivity contribution in [2.45, 2.75) is 76.3 Å². The molecule has 1 heterocycles. The SMILES string of the molecule is CCC(C#N)(CCCSC1CCOC1C)NC(C)C. The number of nitriles is 1. The van der Waals surface area contributed by atoms with E-state index in [-0.39, 0.29) is 5.54 Å². The summed E-state index contributed by atoms with van der Waals surface area (Å²) in [7, 11) is 0. The average Bonchev–Trinajstić information content (AvgIpc) is 2.78. The third-order valence-electron chi connectivity index (χ3n) is 3.77. The van der Waals surface area contributed by atoms with Gasteiger partial charge in [-0.3, -0.25) is 5.32 Å². The van der Waals surface area contributed by atoms with E-state index in [4.69, 9.17) is 4.74 Å². The second-order valence-corrected chi connectivity index (χ2v) is 7.07. The molecular weight excluding hydrogens is 256 g/mol. The second kappa shape index (κ2) is 8.14. The van der Waals surface area contributed by atoms with Crippen molar-refractivity contribution >= 4 is 11.8 Å². The molecule has 0 aromatic rings. The van der Waals surface area contributed by atoms with E-state index in [2.05, 4.69) is 39.1 Å². The summed E-state index contributed by atoms with van der Waals surface area (Å²) in [5, 5.41) is 13.5. The second-order valence-electron chi connectivity index (χ2n) is 5.72. The van der Waals surface area contributed by atoms with Gasteiger partial charge in [-0.2, -0.15) is 17.0 Å². The van der Waals surface area contributed by atoms with E-state index in [1.807, 2.05) is 11.8 Å². The molecule has 0 bridgehead atoms. The van der Waals surface area contributed by atoms with E-state index >= 15 is 0 Å². The number of ether oxygens (including phenoxy) is 1. The van der Waals surface area contributed by atoms with Gasteiger partial charge in [0.1, 0.15) is 5.54 Å². The third-order valence-corrected chi connectivity index (χ3v) is 5.34. The minimum atomic E-state index is -0.341. The maximum atomic E-state index is 9.44. The number of nitrogens with zero attached hydrogens (tertiary/aromatic N) is 1. The van der Waals surface area contributed by atoms with Crippen LogP contribution in [0.5, 0.6) is 0 Å². The molecule has 4 heteroatoms. The highest BCUT2D eigenvalue weighted by atomic mass is 32.2.